The van der Waals surface area contributed by atoms with Crippen LogP contribution in [0.2, 0.25) is 0 Å². The Balaban J connectivity index is 1.62. The number of hydrogen-bond donors (Lipinski definition) is 1. The molecule has 172 valence electrons. The lowest BCUT2D eigenvalue weighted by Crippen LogP contribution is -2.29. The van der Waals surface area contributed by atoms with Gasteiger partial charge in [-0.1, -0.05) is 18.2 Å². The first-order valence-electron chi connectivity index (χ1n) is 11.3. The number of benzene rings is 1. The summed E-state index contributed by atoms with van der Waals surface area (Å²) < 4.78 is 7.74. The largest absolute Gasteiger partial charge is 0.497 e. The summed E-state index contributed by atoms with van der Waals surface area (Å²) in [4.78, 5) is 11.4. The van der Waals surface area contributed by atoms with E-state index >= 15 is 0 Å². The molecule has 0 unspecified atom stereocenters. The normalized spacial score (nSPS) is 17.6. The third-order valence-corrected chi connectivity index (χ3v) is 6.71. The minimum Gasteiger partial charge on any atom is -0.497 e. The highest BCUT2D eigenvalue weighted by Gasteiger charge is 2.41. The van der Waals surface area contributed by atoms with Crippen molar-refractivity contribution in [2.24, 2.45) is 0 Å². The van der Waals surface area contributed by atoms with Crippen molar-refractivity contribution < 1.29 is 4.74 Å². The van der Waals surface area contributed by atoms with Gasteiger partial charge in [-0.2, -0.15) is 0 Å². The van der Waals surface area contributed by atoms with Gasteiger partial charge in [0, 0.05) is 35.5 Å². The van der Waals surface area contributed by atoms with E-state index in [0.29, 0.717) is 11.7 Å². The zero-order valence-electron chi connectivity index (χ0n) is 19.5. The molecule has 1 aliphatic rings. The number of ether oxygens (including phenoxy) is 1. The van der Waals surface area contributed by atoms with Crippen LogP contribution in [-0.2, 0) is 6.54 Å². The molecule has 7 heteroatoms. The topological polar surface area (TPSA) is 55.2 Å². The molecule has 0 aliphatic carbocycles. The molecule has 1 N–H and O–H groups in total. The second kappa shape index (κ2) is 9.27. The predicted octanol–water partition coefficient (Wildman–Crippen LogP) is 5.07. The first kappa shape index (κ1) is 22.1. The first-order valence-corrected chi connectivity index (χ1v) is 11.7. The number of rotatable bonds is 6. The van der Waals surface area contributed by atoms with Crippen molar-refractivity contribution in [3.05, 3.63) is 107 Å². The van der Waals surface area contributed by atoms with Gasteiger partial charge in [0.15, 0.2) is 5.11 Å². The predicted molar refractivity (Wildman–Crippen MR) is 137 cm³/mol. The summed E-state index contributed by atoms with van der Waals surface area (Å²) in [7, 11) is 1.69. The van der Waals surface area contributed by atoms with Crippen molar-refractivity contribution >= 4 is 17.3 Å². The Kier molecular flexibility index (Phi) is 6.02. The fourth-order valence-corrected chi connectivity index (χ4v) is 5.12. The number of aromatic nitrogens is 3. The molecule has 1 aromatic carbocycles. The van der Waals surface area contributed by atoms with Crippen LogP contribution in [0.15, 0.2) is 79.1 Å². The summed E-state index contributed by atoms with van der Waals surface area (Å²) in [5, 5.41) is 4.25. The van der Waals surface area contributed by atoms with E-state index < -0.39 is 0 Å². The van der Waals surface area contributed by atoms with Gasteiger partial charge in [-0.15, -0.1) is 0 Å². The first-order chi connectivity index (χ1) is 16.6. The van der Waals surface area contributed by atoms with Gasteiger partial charge in [-0.05, 0) is 74.1 Å². The number of methoxy groups -OCH3 is 1. The maximum atomic E-state index is 5.84. The van der Waals surface area contributed by atoms with E-state index in [0.717, 1.165) is 34.2 Å². The lowest BCUT2D eigenvalue weighted by atomic mass is 9.96. The highest BCUT2D eigenvalue weighted by molar-refractivity contribution is 7.80. The van der Waals surface area contributed by atoms with Crippen molar-refractivity contribution in [2.75, 3.05) is 7.11 Å². The summed E-state index contributed by atoms with van der Waals surface area (Å²) in [5.74, 6) is 0.832. The summed E-state index contributed by atoms with van der Waals surface area (Å²) in [5.41, 5.74) is 6.52. The maximum Gasteiger partial charge on any atom is 0.170 e. The maximum absolute atomic E-state index is 5.84. The van der Waals surface area contributed by atoms with Crippen LogP contribution in [0, 0.1) is 13.8 Å². The van der Waals surface area contributed by atoms with Crippen molar-refractivity contribution in [2.45, 2.75) is 32.5 Å². The van der Waals surface area contributed by atoms with Crippen molar-refractivity contribution in [3.8, 4) is 11.4 Å². The van der Waals surface area contributed by atoms with Crippen molar-refractivity contribution in [1.82, 2.24) is 24.8 Å². The Morgan fingerprint density at radius 3 is 2.47 bits per heavy atom. The molecule has 4 heterocycles. The fourth-order valence-electron chi connectivity index (χ4n) is 4.81. The summed E-state index contributed by atoms with van der Waals surface area (Å²) in [6, 6.07) is 22.3. The third-order valence-electron chi connectivity index (χ3n) is 6.36. The van der Waals surface area contributed by atoms with Gasteiger partial charge in [0.05, 0.1) is 37.1 Å². The molecule has 0 amide bonds. The van der Waals surface area contributed by atoms with Crippen LogP contribution in [0.4, 0.5) is 0 Å². The second-order valence-electron chi connectivity index (χ2n) is 8.44. The van der Waals surface area contributed by atoms with Gasteiger partial charge in [-0.25, -0.2) is 0 Å². The van der Waals surface area contributed by atoms with E-state index in [1.807, 2.05) is 54.9 Å². The Labute approximate surface area is 205 Å². The van der Waals surface area contributed by atoms with E-state index in [9.17, 15) is 0 Å². The van der Waals surface area contributed by atoms with Gasteiger partial charge in [0.1, 0.15) is 5.75 Å². The van der Waals surface area contributed by atoms with Gasteiger partial charge in [-0.3, -0.25) is 9.97 Å². The molecule has 6 nitrogen and oxygen atoms in total. The van der Waals surface area contributed by atoms with Crippen LogP contribution in [0.25, 0.3) is 5.69 Å². The highest BCUT2D eigenvalue weighted by atomic mass is 32.1. The fraction of sp³-hybridized carbons (Fsp3) is 0.222. The van der Waals surface area contributed by atoms with Crippen LogP contribution in [0.1, 0.15) is 40.4 Å². The van der Waals surface area contributed by atoms with Gasteiger partial charge >= 0.3 is 0 Å². The molecule has 1 aliphatic heterocycles. The Morgan fingerprint density at radius 1 is 0.971 bits per heavy atom. The van der Waals surface area contributed by atoms with Crippen LogP contribution in [0.3, 0.4) is 0 Å². The average Bonchev–Trinajstić information content (AvgIpc) is 3.35. The van der Waals surface area contributed by atoms with Crippen LogP contribution in [-0.4, -0.2) is 31.7 Å². The number of hydrogen-bond acceptors (Lipinski definition) is 4. The standard InChI is InChI=1S/C27H27N5OS/c1-18-15-23(19(2)32(18)21-10-8-11-22(16-21)33-3)26-25(24-12-5-7-14-29-24)30-27(34)31(26)17-20-9-4-6-13-28-20/h4-16,25-26H,17H2,1-3H3,(H,30,34)/t25-,26+/m1/s1. The van der Waals surface area contributed by atoms with E-state index in [1.54, 1.807) is 7.11 Å². The Hall–Kier alpha value is -3.71. The second-order valence-corrected chi connectivity index (χ2v) is 8.83. The van der Waals surface area contributed by atoms with Crippen LogP contribution < -0.4 is 10.1 Å². The molecule has 3 aromatic heterocycles. The van der Waals surface area contributed by atoms with Gasteiger partial charge < -0.3 is 19.5 Å². The molecule has 5 rings (SSSR count). The monoisotopic (exact) mass is 469 g/mol. The number of aryl methyl sites for hydroxylation is 1. The summed E-state index contributed by atoms with van der Waals surface area (Å²) in [6.07, 6.45) is 3.65. The molecule has 1 fully saturated rings. The van der Waals surface area contributed by atoms with Crippen molar-refractivity contribution in [1.29, 1.82) is 0 Å². The molecule has 2 atom stereocenters. The molecular formula is C27H27N5OS. The van der Waals surface area contributed by atoms with Gasteiger partial charge in [0.2, 0.25) is 0 Å². The highest BCUT2D eigenvalue weighted by Crippen LogP contribution is 2.42. The zero-order valence-corrected chi connectivity index (χ0v) is 20.3. The lowest BCUT2D eigenvalue weighted by Gasteiger charge is -2.28. The molecular weight excluding hydrogens is 442 g/mol. The summed E-state index contributed by atoms with van der Waals surface area (Å²) >= 11 is 5.84. The Morgan fingerprint density at radius 2 is 1.76 bits per heavy atom. The van der Waals surface area contributed by atoms with E-state index in [4.69, 9.17) is 17.0 Å². The molecule has 0 radical (unpaired) electrons. The molecule has 4 aromatic rings. The molecule has 1 saturated heterocycles. The van der Waals surface area contributed by atoms with Crippen LogP contribution in [0.5, 0.6) is 5.75 Å². The van der Waals surface area contributed by atoms with E-state index in [2.05, 4.69) is 62.9 Å². The average molecular weight is 470 g/mol. The number of thiocarbonyl (C=S) groups is 1. The van der Waals surface area contributed by atoms with E-state index in [1.165, 1.54) is 5.56 Å². The third kappa shape index (κ3) is 4.03. The Bertz CT molecular complexity index is 1310. The lowest BCUT2D eigenvalue weighted by molar-refractivity contribution is 0.307. The molecule has 0 bridgehead atoms. The van der Waals surface area contributed by atoms with Crippen molar-refractivity contribution in [3.63, 3.8) is 0 Å². The number of nitrogens with zero attached hydrogens (tertiary/aromatic N) is 4. The molecule has 0 spiro atoms. The quantitative estimate of drug-likeness (QED) is 0.398. The van der Waals surface area contributed by atoms with E-state index in [-0.39, 0.29) is 12.1 Å². The number of nitrogens with one attached hydrogen (secondary N) is 1. The molecule has 34 heavy (non-hydrogen) atoms. The summed E-state index contributed by atoms with van der Waals surface area (Å²) in [6.45, 7) is 4.91. The molecule has 0 saturated carbocycles. The van der Waals surface area contributed by atoms with Crippen LogP contribution >= 0.6 is 12.2 Å². The van der Waals surface area contributed by atoms with Gasteiger partial charge in [0.25, 0.3) is 0 Å². The smallest absolute Gasteiger partial charge is 0.170 e. The zero-order chi connectivity index (χ0) is 23.7. The number of pyridine rings is 2. The minimum atomic E-state index is -0.0725. The minimum absolute atomic E-state index is 0.0324. The SMILES string of the molecule is COc1cccc(-n2c(C)cc([C@H]3[C@@H](c4ccccn4)NC(=S)N3Cc3ccccn3)c2C)c1.